The van der Waals surface area contributed by atoms with E-state index >= 15 is 0 Å². The number of aromatic nitrogens is 1. The molecule has 1 heterocycles. The van der Waals surface area contributed by atoms with Crippen LogP contribution in [-0.4, -0.2) is 29.2 Å². The molecule has 1 amide bonds. The Hall–Kier alpha value is -1.56. The molecular weight excluding hydrogens is 396 g/mol. The molecule has 2 unspecified atom stereocenters. The van der Waals surface area contributed by atoms with Crippen molar-refractivity contribution in [3.05, 3.63) is 23.9 Å². The summed E-state index contributed by atoms with van der Waals surface area (Å²) in [6.07, 6.45) is 11.7. The third-order valence-electron chi connectivity index (χ3n) is 7.70. The van der Waals surface area contributed by atoms with E-state index in [2.05, 4.69) is 10.3 Å². The van der Waals surface area contributed by atoms with Gasteiger partial charge in [-0.05, 0) is 67.1 Å². The van der Waals surface area contributed by atoms with Crippen LogP contribution in [0.4, 0.5) is 5.82 Å². The quantitative estimate of drug-likeness (QED) is 0.481. The lowest BCUT2D eigenvalue weighted by atomic mass is 10.0. The first-order chi connectivity index (χ1) is 14.7. The molecule has 30 heavy (non-hydrogen) atoms. The summed E-state index contributed by atoms with van der Waals surface area (Å²) in [6.45, 7) is 0.485. The number of hydrogen-bond acceptors (Lipinski definition) is 5. The highest BCUT2D eigenvalue weighted by Crippen LogP contribution is 2.56. The number of carbonyl (C=O) groups excluding carboxylic acids is 2. The van der Waals surface area contributed by atoms with Crippen molar-refractivity contribution in [1.82, 2.24) is 4.98 Å². The molecule has 4 aliphatic rings. The van der Waals surface area contributed by atoms with Gasteiger partial charge in [-0.1, -0.05) is 25.7 Å². The summed E-state index contributed by atoms with van der Waals surface area (Å²) in [6, 6.07) is 3.96. The van der Waals surface area contributed by atoms with Gasteiger partial charge in [0.1, 0.15) is 12.4 Å². The molecule has 0 radical (unpaired) electrons. The first-order valence-electron chi connectivity index (χ1n) is 11.7. The van der Waals surface area contributed by atoms with Crippen molar-refractivity contribution in [3.8, 4) is 0 Å². The van der Waals surface area contributed by atoms with Crippen molar-refractivity contribution in [1.29, 1.82) is 0 Å². The molecule has 4 aliphatic carbocycles. The number of hydrogen-bond donors (Lipinski definition) is 1. The predicted molar refractivity (Wildman–Crippen MR) is 118 cm³/mol. The summed E-state index contributed by atoms with van der Waals surface area (Å²) in [4.78, 5) is 29.1. The van der Waals surface area contributed by atoms with Gasteiger partial charge < -0.3 is 10.1 Å². The zero-order valence-electron chi connectivity index (χ0n) is 17.6. The van der Waals surface area contributed by atoms with Gasteiger partial charge in [0.25, 0.3) is 0 Å². The van der Waals surface area contributed by atoms with E-state index in [1.165, 1.54) is 51.4 Å². The fourth-order valence-electron chi connectivity index (χ4n) is 6.05. The van der Waals surface area contributed by atoms with Crippen LogP contribution in [0.2, 0.25) is 0 Å². The number of pyridine rings is 1. The van der Waals surface area contributed by atoms with Crippen LogP contribution in [0.25, 0.3) is 0 Å². The molecule has 0 aromatic carbocycles. The third kappa shape index (κ3) is 4.39. The average Bonchev–Trinajstić information content (AvgIpc) is 3.66. The van der Waals surface area contributed by atoms with Gasteiger partial charge in [0.05, 0.1) is 5.92 Å². The SMILES string of the molecule is O=C(Nc1cc(CSCCOC(=O)C2[C@H]3CCCC[C@@H]23)ccn1)C1[C@H]2CCCC[C@@H]12. The Kier molecular flexibility index (Phi) is 6.03. The van der Waals surface area contributed by atoms with Crippen LogP contribution >= 0.6 is 11.8 Å². The lowest BCUT2D eigenvalue weighted by Gasteiger charge is -2.07. The zero-order valence-corrected chi connectivity index (χ0v) is 18.4. The van der Waals surface area contributed by atoms with E-state index in [0.717, 1.165) is 17.1 Å². The van der Waals surface area contributed by atoms with Crippen LogP contribution in [0, 0.1) is 35.5 Å². The number of thioether (sulfide) groups is 1. The Balaban J connectivity index is 1.01. The normalized spacial score (nSPS) is 33.7. The van der Waals surface area contributed by atoms with E-state index in [1.807, 2.05) is 12.1 Å². The Labute approximate surface area is 183 Å². The van der Waals surface area contributed by atoms with Gasteiger partial charge in [0, 0.05) is 23.6 Å². The van der Waals surface area contributed by atoms with Crippen molar-refractivity contribution in [2.24, 2.45) is 35.5 Å². The lowest BCUT2D eigenvalue weighted by molar-refractivity contribution is -0.145. The lowest BCUT2D eigenvalue weighted by Crippen LogP contribution is -2.16. The monoisotopic (exact) mass is 428 g/mol. The van der Waals surface area contributed by atoms with Crippen molar-refractivity contribution in [2.75, 3.05) is 17.7 Å². The standard InChI is InChI=1S/C24H32N2O3S/c27-23(21-16-5-1-2-6-17(16)21)26-20-13-15(9-10-25-20)14-30-12-11-29-24(28)22-18-7-3-4-8-19(18)22/h9-10,13,16-19,21-22H,1-8,11-12,14H2,(H,25,26,27)/t16-,17+,18-,19+,21?,22?. The highest BCUT2D eigenvalue weighted by Gasteiger charge is 2.56. The largest absolute Gasteiger partial charge is 0.465 e. The van der Waals surface area contributed by atoms with Gasteiger partial charge in [-0.15, -0.1) is 0 Å². The van der Waals surface area contributed by atoms with Crippen molar-refractivity contribution >= 4 is 29.5 Å². The number of fused-ring (bicyclic) bond motifs is 2. The smallest absolute Gasteiger partial charge is 0.309 e. The van der Waals surface area contributed by atoms with Gasteiger partial charge in [0.2, 0.25) is 5.91 Å². The van der Waals surface area contributed by atoms with Gasteiger partial charge in [-0.2, -0.15) is 11.8 Å². The second-order valence-electron chi connectivity index (χ2n) is 9.53. The number of nitrogens with zero attached hydrogens (tertiary/aromatic N) is 1. The first-order valence-corrected chi connectivity index (χ1v) is 12.9. The van der Waals surface area contributed by atoms with E-state index in [1.54, 1.807) is 18.0 Å². The fraction of sp³-hybridized carbons (Fsp3) is 0.708. The van der Waals surface area contributed by atoms with Gasteiger partial charge in [0.15, 0.2) is 0 Å². The van der Waals surface area contributed by atoms with Crippen LogP contribution < -0.4 is 5.32 Å². The molecule has 0 bridgehead atoms. The molecule has 5 nitrogen and oxygen atoms in total. The van der Waals surface area contributed by atoms with Crippen LogP contribution in [0.3, 0.4) is 0 Å². The van der Waals surface area contributed by atoms with Crippen LogP contribution in [-0.2, 0) is 20.1 Å². The highest BCUT2D eigenvalue weighted by atomic mass is 32.2. The molecule has 1 N–H and O–H groups in total. The van der Waals surface area contributed by atoms with Crippen molar-refractivity contribution in [2.45, 2.75) is 57.1 Å². The van der Waals surface area contributed by atoms with Crippen LogP contribution in [0.5, 0.6) is 0 Å². The van der Waals surface area contributed by atoms with E-state index in [9.17, 15) is 9.59 Å². The summed E-state index contributed by atoms with van der Waals surface area (Å²) < 4.78 is 5.52. The molecular formula is C24H32N2O3S. The molecule has 0 spiro atoms. The summed E-state index contributed by atoms with van der Waals surface area (Å²) in [5.74, 6) is 5.31. The molecule has 6 heteroatoms. The molecule has 0 aliphatic heterocycles. The number of rotatable bonds is 8. The minimum absolute atomic E-state index is 0.0297. The van der Waals surface area contributed by atoms with Crippen LogP contribution in [0.1, 0.15) is 56.9 Å². The minimum atomic E-state index is 0.0297. The summed E-state index contributed by atoms with van der Waals surface area (Å²) >= 11 is 1.75. The Bertz CT molecular complexity index is 776. The van der Waals surface area contributed by atoms with E-state index < -0.39 is 0 Å². The van der Waals surface area contributed by atoms with E-state index in [4.69, 9.17) is 4.74 Å². The van der Waals surface area contributed by atoms with Crippen molar-refractivity contribution < 1.29 is 14.3 Å². The number of ether oxygens (including phenoxy) is 1. The number of amides is 1. The molecule has 1 aromatic rings. The van der Waals surface area contributed by atoms with E-state index in [-0.39, 0.29) is 23.7 Å². The average molecular weight is 429 g/mol. The second kappa shape index (κ2) is 8.89. The first kappa shape index (κ1) is 20.3. The number of carbonyl (C=O) groups is 2. The molecule has 6 atom stereocenters. The third-order valence-corrected chi connectivity index (χ3v) is 8.70. The maximum absolute atomic E-state index is 12.6. The molecule has 162 valence electrons. The Morgan fingerprint density at radius 1 is 1.00 bits per heavy atom. The molecule has 0 saturated heterocycles. The number of nitrogens with one attached hydrogen (secondary N) is 1. The van der Waals surface area contributed by atoms with Crippen LogP contribution in [0.15, 0.2) is 18.3 Å². The topological polar surface area (TPSA) is 68.3 Å². The van der Waals surface area contributed by atoms with Gasteiger partial charge >= 0.3 is 5.97 Å². The number of anilines is 1. The molecule has 4 saturated carbocycles. The summed E-state index contributed by atoms with van der Waals surface area (Å²) in [5, 5.41) is 3.03. The number of esters is 1. The van der Waals surface area contributed by atoms with E-state index in [0.29, 0.717) is 36.1 Å². The maximum atomic E-state index is 12.6. The van der Waals surface area contributed by atoms with Gasteiger partial charge in [-0.3, -0.25) is 9.59 Å². The Morgan fingerprint density at radius 2 is 1.63 bits per heavy atom. The van der Waals surface area contributed by atoms with Gasteiger partial charge in [-0.25, -0.2) is 4.98 Å². The fourth-order valence-corrected chi connectivity index (χ4v) is 6.81. The highest BCUT2D eigenvalue weighted by molar-refractivity contribution is 7.98. The summed E-state index contributed by atoms with van der Waals surface area (Å²) in [5.41, 5.74) is 1.14. The second-order valence-corrected chi connectivity index (χ2v) is 10.6. The predicted octanol–water partition coefficient (Wildman–Crippen LogP) is 4.67. The Morgan fingerprint density at radius 3 is 2.30 bits per heavy atom. The summed E-state index contributed by atoms with van der Waals surface area (Å²) in [7, 11) is 0. The molecule has 5 rings (SSSR count). The van der Waals surface area contributed by atoms with Crippen molar-refractivity contribution in [3.63, 3.8) is 0 Å². The maximum Gasteiger partial charge on any atom is 0.309 e. The minimum Gasteiger partial charge on any atom is -0.465 e. The molecule has 4 fully saturated rings. The molecule has 1 aromatic heterocycles. The zero-order chi connectivity index (χ0) is 20.5.